The molecule has 232 valence electrons. The van der Waals surface area contributed by atoms with Crippen molar-refractivity contribution in [3.8, 4) is 0 Å². The molecule has 0 saturated carbocycles. The minimum atomic E-state index is -2.39. The Hall–Kier alpha value is 0.194. The van der Waals surface area contributed by atoms with Crippen molar-refractivity contribution >= 4 is 17.6 Å². The van der Waals surface area contributed by atoms with Crippen LogP contribution in [0, 0.1) is 0 Å². The Balaban J connectivity index is 0. The van der Waals surface area contributed by atoms with Crippen LogP contribution in [0.4, 0.5) is 0 Å². The van der Waals surface area contributed by atoms with Gasteiger partial charge in [0.1, 0.15) is 0 Å². The lowest BCUT2D eigenvalue weighted by Crippen LogP contribution is -2.45. The van der Waals surface area contributed by atoms with Crippen molar-refractivity contribution in [2.24, 2.45) is 0 Å². The zero-order chi connectivity index (χ0) is 28.8. The maximum atomic E-state index is 5.89. The third kappa shape index (κ3) is 23.0. The molecular weight excluding hydrogens is 512 g/mol. The monoisotopic (exact) mass is 580 g/mol. The quantitative estimate of drug-likeness (QED) is 0.0678. The highest BCUT2D eigenvalue weighted by atomic mass is 28.4. The van der Waals surface area contributed by atoms with Crippen molar-refractivity contribution in [1.82, 2.24) is 0 Å². The van der Waals surface area contributed by atoms with Gasteiger partial charge in [0.25, 0.3) is 0 Å². The normalized spacial score (nSPS) is 12.0. The highest BCUT2D eigenvalue weighted by molar-refractivity contribution is 6.61. The fourth-order valence-corrected chi connectivity index (χ4v) is 9.97. The summed E-state index contributed by atoms with van der Waals surface area (Å²) in [6, 6.07) is 1.93. The minimum Gasteiger partial charge on any atom is -0.374 e. The van der Waals surface area contributed by atoms with E-state index in [1.165, 1.54) is 83.5 Å². The first-order chi connectivity index (χ1) is 18.5. The van der Waals surface area contributed by atoms with Crippen LogP contribution < -0.4 is 0 Å². The van der Waals surface area contributed by atoms with Gasteiger partial charge < -0.3 is 26.6 Å². The molecule has 8 heteroatoms. The number of unbranched alkanes of at least 4 members (excludes halogenated alkanes) is 12. The van der Waals surface area contributed by atoms with Crippen LogP contribution in [0.25, 0.3) is 0 Å². The average Bonchev–Trinajstić information content (AvgIpc) is 2.89. The number of hydrogen-bond donors (Lipinski definition) is 0. The fourth-order valence-electron chi connectivity index (χ4n) is 4.60. The molecule has 0 amide bonds. The second-order valence-electron chi connectivity index (χ2n) is 9.71. The highest BCUT2D eigenvalue weighted by Gasteiger charge is 2.40. The van der Waals surface area contributed by atoms with E-state index in [9.17, 15) is 0 Å². The van der Waals surface area contributed by atoms with E-state index in [4.69, 9.17) is 26.6 Å². The maximum Gasteiger partial charge on any atom is 0.500 e. The van der Waals surface area contributed by atoms with Gasteiger partial charge in [-0.3, -0.25) is 0 Å². The van der Waals surface area contributed by atoms with E-state index in [2.05, 4.69) is 13.8 Å². The zero-order valence-electron chi connectivity index (χ0n) is 27.0. The van der Waals surface area contributed by atoms with Gasteiger partial charge in [0.2, 0.25) is 0 Å². The third-order valence-corrected chi connectivity index (χ3v) is 12.7. The molecule has 0 rings (SSSR count). The standard InChI is InChI=1S/C18H40O3Si.C12H28O3Si/c1-5-9-10-11-12-13-14-15-16-17-18-22(19-6-2,20-7-3)21-8-4;1-5-9-10-11-12-16(13-6-2,14-7-3)15-8-4/h5-18H2,1-4H3;5-12H2,1-4H3. The molecule has 0 aromatic rings. The van der Waals surface area contributed by atoms with Crippen molar-refractivity contribution in [1.29, 1.82) is 0 Å². The van der Waals surface area contributed by atoms with E-state index in [0.717, 1.165) is 18.5 Å². The Morgan fingerprint density at radius 3 is 0.737 bits per heavy atom. The van der Waals surface area contributed by atoms with E-state index >= 15 is 0 Å². The molecule has 0 bridgehead atoms. The second-order valence-corrected chi connectivity index (χ2v) is 15.2. The molecule has 0 aliphatic heterocycles. The molecule has 0 saturated heterocycles. The predicted molar refractivity (Wildman–Crippen MR) is 167 cm³/mol. The topological polar surface area (TPSA) is 55.4 Å². The Bertz CT molecular complexity index is 422. The molecule has 0 spiro atoms. The van der Waals surface area contributed by atoms with E-state index in [1.807, 2.05) is 41.5 Å². The fraction of sp³-hybridized carbons (Fsp3) is 1.00. The van der Waals surface area contributed by atoms with Crippen LogP contribution in [0.2, 0.25) is 12.1 Å². The summed E-state index contributed by atoms with van der Waals surface area (Å²) >= 11 is 0. The first-order valence-corrected chi connectivity index (χ1v) is 20.2. The average molecular weight is 581 g/mol. The minimum absolute atomic E-state index is 0.681. The van der Waals surface area contributed by atoms with Gasteiger partial charge in [0.05, 0.1) is 0 Å². The molecule has 0 aromatic heterocycles. The summed E-state index contributed by atoms with van der Waals surface area (Å²) in [7, 11) is -4.73. The molecule has 0 unspecified atom stereocenters. The SMILES string of the molecule is CCCCCCCCCCCC[Si](OCC)(OCC)OCC.CCCCCC[Si](OCC)(OCC)OCC. The van der Waals surface area contributed by atoms with Crippen LogP contribution in [-0.4, -0.2) is 57.3 Å². The lowest BCUT2D eigenvalue weighted by molar-refractivity contribution is 0.0698. The van der Waals surface area contributed by atoms with E-state index in [0.29, 0.717) is 39.6 Å². The van der Waals surface area contributed by atoms with Crippen LogP contribution in [-0.2, 0) is 26.6 Å². The number of rotatable bonds is 28. The van der Waals surface area contributed by atoms with Crippen molar-refractivity contribution in [3.63, 3.8) is 0 Å². The van der Waals surface area contributed by atoms with Crippen LogP contribution in [0.1, 0.15) is 145 Å². The zero-order valence-corrected chi connectivity index (χ0v) is 29.0. The molecule has 38 heavy (non-hydrogen) atoms. The summed E-state index contributed by atoms with van der Waals surface area (Å²) in [5, 5.41) is 0. The molecule has 0 heterocycles. The summed E-state index contributed by atoms with van der Waals surface area (Å²) in [5.74, 6) is 0. The van der Waals surface area contributed by atoms with Gasteiger partial charge in [-0.15, -0.1) is 0 Å². The summed E-state index contributed by atoms with van der Waals surface area (Å²) in [6.07, 6.45) is 18.5. The van der Waals surface area contributed by atoms with Gasteiger partial charge in [-0.2, -0.15) is 0 Å². The van der Waals surface area contributed by atoms with Gasteiger partial charge in [-0.25, -0.2) is 0 Å². The maximum absolute atomic E-state index is 5.89. The molecular formula is C30H68O6Si2. The Morgan fingerprint density at radius 2 is 0.500 bits per heavy atom. The summed E-state index contributed by atoms with van der Waals surface area (Å²) in [4.78, 5) is 0. The lowest BCUT2D eigenvalue weighted by Gasteiger charge is -2.28. The van der Waals surface area contributed by atoms with E-state index in [1.54, 1.807) is 0 Å². The van der Waals surface area contributed by atoms with E-state index < -0.39 is 17.6 Å². The van der Waals surface area contributed by atoms with Crippen LogP contribution in [0.5, 0.6) is 0 Å². The van der Waals surface area contributed by atoms with Crippen LogP contribution >= 0.6 is 0 Å². The van der Waals surface area contributed by atoms with Crippen molar-refractivity contribution in [2.45, 2.75) is 157 Å². The van der Waals surface area contributed by atoms with Crippen molar-refractivity contribution in [2.75, 3.05) is 39.6 Å². The van der Waals surface area contributed by atoms with Gasteiger partial charge in [-0.1, -0.05) is 90.9 Å². The summed E-state index contributed by atoms with van der Waals surface area (Å²) in [5.41, 5.74) is 0. The van der Waals surface area contributed by atoms with Crippen molar-refractivity contribution < 1.29 is 26.6 Å². The molecule has 0 aliphatic rings. The molecule has 0 aromatic carbocycles. The molecule has 0 atom stereocenters. The molecule has 0 fully saturated rings. The van der Waals surface area contributed by atoms with Gasteiger partial charge in [0, 0.05) is 51.7 Å². The molecule has 6 nitrogen and oxygen atoms in total. The Kier molecular flexibility index (Phi) is 32.0. The molecule has 0 radical (unpaired) electrons. The molecule has 0 N–H and O–H groups in total. The Labute approximate surface area is 241 Å². The largest absolute Gasteiger partial charge is 0.500 e. The highest BCUT2D eigenvalue weighted by Crippen LogP contribution is 2.21. The smallest absolute Gasteiger partial charge is 0.374 e. The summed E-state index contributed by atoms with van der Waals surface area (Å²) < 4.78 is 35.0. The van der Waals surface area contributed by atoms with Gasteiger partial charge in [-0.05, 0) is 54.4 Å². The van der Waals surface area contributed by atoms with Crippen LogP contribution in [0.3, 0.4) is 0 Å². The van der Waals surface area contributed by atoms with Gasteiger partial charge >= 0.3 is 17.6 Å². The first kappa shape index (κ1) is 40.3. The first-order valence-electron chi connectivity index (χ1n) is 16.3. The third-order valence-electron chi connectivity index (χ3n) is 6.36. The number of hydrogen-bond acceptors (Lipinski definition) is 6. The lowest BCUT2D eigenvalue weighted by atomic mass is 10.1. The Morgan fingerprint density at radius 1 is 0.289 bits per heavy atom. The summed E-state index contributed by atoms with van der Waals surface area (Å²) in [6.45, 7) is 20.7. The molecule has 0 aliphatic carbocycles. The van der Waals surface area contributed by atoms with Crippen LogP contribution in [0.15, 0.2) is 0 Å². The second kappa shape index (κ2) is 30.2. The van der Waals surface area contributed by atoms with Gasteiger partial charge in [0.15, 0.2) is 0 Å². The van der Waals surface area contributed by atoms with E-state index in [-0.39, 0.29) is 0 Å². The predicted octanol–water partition coefficient (Wildman–Crippen LogP) is 9.57. The van der Waals surface area contributed by atoms with Crippen molar-refractivity contribution in [3.05, 3.63) is 0 Å².